The first-order chi connectivity index (χ1) is 12.6. The molecule has 0 radical (unpaired) electrons. The Hall–Kier alpha value is -2.63. The number of carbonyl (C=O) groups is 2. The summed E-state index contributed by atoms with van der Waals surface area (Å²) in [5.41, 5.74) is 0.890. The number of hydrazone groups is 1. The van der Waals surface area contributed by atoms with E-state index in [4.69, 9.17) is 9.47 Å². The van der Waals surface area contributed by atoms with E-state index in [0.29, 0.717) is 17.1 Å². The van der Waals surface area contributed by atoms with Crippen LogP contribution in [-0.4, -0.2) is 37.3 Å². The van der Waals surface area contributed by atoms with Crippen LogP contribution in [0.3, 0.4) is 0 Å². The van der Waals surface area contributed by atoms with E-state index >= 15 is 0 Å². The van der Waals surface area contributed by atoms with Crippen molar-refractivity contribution < 1.29 is 19.1 Å². The van der Waals surface area contributed by atoms with Crippen molar-refractivity contribution >= 4 is 18.0 Å². The summed E-state index contributed by atoms with van der Waals surface area (Å²) in [4.78, 5) is 25.8. The van der Waals surface area contributed by atoms with Crippen molar-refractivity contribution in [1.82, 2.24) is 5.01 Å². The molecule has 26 heavy (non-hydrogen) atoms. The van der Waals surface area contributed by atoms with E-state index in [2.05, 4.69) is 17.3 Å². The number of hydrogen-bond donors (Lipinski definition) is 0. The lowest BCUT2D eigenvalue weighted by Crippen LogP contribution is -2.30. The average molecular weight is 352 g/mol. The van der Waals surface area contributed by atoms with Gasteiger partial charge in [-0.3, -0.25) is 9.59 Å². The Morgan fingerprint density at radius 2 is 1.73 bits per heavy atom. The van der Waals surface area contributed by atoms with E-state index in [9.17, 15) is 9.59 Å². The normalized spacial score (nSPS) is 32.8. The second-order valence-corrected chi connectivity index (χ2v) is 7.56. The molecule has 2 bridgehead atoms. The number of amides is 2. The maximum Gasteiger partial charge on any atom is 0.254 e. The number of hydrogen-bond acceptors (Lipinski definition) is 5. The van der Waals surface area contributed by atoms with Crippen LogP contribution in [0, 0.1) is 29.1 Å². The molecule has 4 aliphatic rings. The van der Waals surface area contributed by atoms with Crippen LogP contribution in [0.4, 0.5) is 0 Å². The summed E-state index contributed by atoms with van der Waals surface area (Å²) in [6, 6.07) is 5.31. The highest BCUT2D eigenvalue weighted by molar-refractivity contribution is 6.07. The molecule has 2 amide bonds. The number of methoxy groups -OCH3 is 2. The highest BCUT2D eigenvalue weighted by Crippen LogP contribution is 2.73. The molecule has 1 aromatic carbocycles. The zero-order chi connectivity index (χ0) is 18.1. The maximum atomic E-state index is 12.9. The predicted molar refractivity (Wildman–Crippen MR) is 93.8 cm³/mol. The summed E-state index contributed by atoms with van der Waals surface area (Å²) < 4.78 is 10.5. The molecule has 1 heterocycles. The van der Waals surface area contributed by atoms with Crippen molar-refractivity contribution in [2.24, 2.45) is 34.2 Å². The number of benzene rings is 1. The summed E-state index contributed by atoms with van der Waals surface area (Å²) in [7, 11) is 3.14. The zero-order valence-electron chi connectivity index (χ0n) is 14.7. The summed E-state index contributed by atoms with van der Waals surface area (Å²) in [6.45, 7) is 0. The molecule has 4 atom stereocenters. The van der Waals surface area contributed by atoms with Crippen LogP contribution >= 0.6 is 0 Å². The molecule has 0 unspecified atom stereocenters. The van der Waals surface area contributed by atoms with E-state index < -0.39 is 0 Å². The quantitative estimate of drug-likeness (QED) is 0.473. The van der Waals surface area contributed by atoms with Crippen molar-refractivity contribution in [1.29, 1.82) is 0 Å². The van der Waals surface area contributed by atoms with Gasteiger partial charge in [0.25, 0.3) is 11.8 Å². The monoisotopic (exact) mass is 352 g/mol. The summed E-state index contributed by atoms with van der Waals surface area (Å²) >= 11 is 0. The molecule has 2 saturated carbocycles. The van der Waals surface area contributed by atoms with Crippen LogP contribution < -0.4 is 9.47 Å². The first-order valence-electron chi connectivity index (χ1n) is 8.93. The van der Waals surface area contributed by atoms with Gasteiger partial charge in [-0.05, 0) is 42.2 Å². The third-order valence-electron chi connectivity index (χ3n) is 6.58. The van der Waals surface area contributed by atoms with Gasteiger partial charge in [0.1, 0.15) is 11.5 Å². The van der Waals surface area contributed by atoms with Crippen LogP contribution in [0.5, 0.6) is 11.5 Å². The molecule has 1 spiro atoms. The molecule has 6 heteroatoms. The van der Waals surface area contributed by atoms with Crippen molar-refractivity contribution in [2.75, 3.05) is 14.2 Å². The number of fused-ring (bicyclic) bond motifs is 3. The first-order valence-corrected chi connectivity index (χ1v) is 8.93. The molecule has 1 aromatic rings. The minimum Gasteiger partial charge on any atom is -0.497 e. The molecule has 0 aromatic heterocycles. The van der Waals surface area contributed by atoms with Crippen molar-refractivity contribution in [3.8, 4) is 11.5 Å². The van der Waals surface area contributed by atoms with E-state index in [1.807, 2.05) is 0 Å². The molecular weight excluding hydrogens is 332 g/mol. The molecule has 6 nitrogen and oxygen atoms in total. The van der Waals surface area contributed by atoms with Crippen molar-refractivity contribution in [3.05, 3.63) is 35.9 Å². The number of allylic oxidation sites excluding steroid dienone is 2. The highest BCUT2D eigenvalue weighted by Gasteiger charge is 2.73. The van der Waals surface area contributed by atoms with Gasteiger partial charge < -0.3 is 9.47 Å². The largest absolute Gasteiger partial charge is 0.497 e. The fraction of sp³-hybridized carbons (Fsp3) is 0.450. The second-order valence-electron chi connectivity index (χ2n) is 7.56. The van der Waals surface area contributed by atoms with Crippen molar-refractivity contribution in [3.63, 3.8) is 0 Å². The van der Waals surface area contributed by atoms with Crippen molar-refractivity contribution in [2.45, 2.75) is 12.8 Å². The summed E-state index contributed by atoms with van der Waals surface area (Å²) in [5.74, 6) is 0.892. The molecule has 5 rings (SSSR count). The molecule has 1 saturated heterocycles. The van der Waals surface area contributed by atoms with E-state index in [1.165, 1.54) is 6.21 Å². The van der Waals surface area contributed by atoms with Gasteiger partial charge in [0.15, 0.2) is 0 Å². The fourth-order valence-corrected chi connectivity index (χ4v) is 5.22. The molecule has 134 valence electrons. The third-order valence-corrected chi connectivity index (χ3v) is 6.58. The standard InChI is InChI=1S/C20H20N2O4/c1-25-12-4-3-11(15(9-12)26-2)10-21-22-18(23)16-13-5-6-14(17(16)19(22)24)20(13)7-8-20/h3-6,9-10,13-14,16-17H,7-8H2,1-2H3/b21-10-/t13-,14+,16-,17+. The van der Waals surface area contributed by atoms with E-state index in [1.54, 1.807) is 32.4 Å². The van der Waals surface area contributed by atoms with Crippen LogP contribution in [0.25, 0.3) is 0 Å². The highest BCUT2D eigenvalue weighted by atomic mass is 16.5. The van der Waals surface area contributed by atoms with Gasteiger partial charge in [-0.1, -0.05) is 12.2 Å². The Morgan fingerprint density at radius 3 is 2.27 bits per heavy atom. The van der Waals surface area contributed by atoms with Crippen LogP contribution in [0.15, 0.2) is 35.5 Å². The minimum absolute atomic E-state index is 0.160. The lowest BCUT2D eigenvalue weighted by atomic mass is 9.85. The Bertz CT molecular complexity index is 837. The van der Waals surface area contributed by atoms with Gasteiger partial charge in [0.2, 0.25) is 0 Å². The Labute approximate surface area is 151 Å². The third kappa shape index (κ3) is 1.84. The Kier molecular flexibility index (Phi) is 3.12. The van der Waals surface area contributed by atoms with E-state index in [0.717, 1.165) is 17.9 Å². The summed E-state index contributed by atoms with van der Waals surface area (Å²) in [5, 5.41) is 5.30. The lowest BCUT2D eigenvalue weighted by molar-refractivity contribution is -0.141. The number of imide groups is 1. The number of rotatable bonds is 4. The van der Waals surface area contributed by atoms with E-state index in [-0.39, 0.29) is 40.9 Å². The second kappa shape index (κ2) is 5.19. The molecule has 1 aliphatic heterocycles. The Balaban J connectivity index is 1.42. The predicted octanol–water partition coefficient (Wildman–Crippen LogP) is 2.23. The van der Waals surface area contributed by atoms with Gasteiger partial charge >= 0.3 is 0 Å². The number of ether oxygens (including phenoxy) is 2. The number of nitrogens with zero attached hydrogens (tertiary/aromatic N) is 2. The number of carbonyl (C=O) groups excluding carboxylic acids is 2. The Morgan fingerprint density at radius 1 is 1.08 bits per heavy atom. The van der Waals surface area contributed by atoms with Gasteiger partial charge in [-0.25, -0.2) is 0 Å². The van der Waals surface area contributed by atoms with Crippen LogP contribution in [0.2, 0.25) is 0 Å². The summed E-state index contributed by atoms with van der Waals surface area (Å²) in [6.07, 6.45) is 8.09. The fourth-order valence-electron chi connectivity index (χ4n) is 5.22. The van der Waals surface area contributed by atoms with Crippen LogP contribution in [-0.2, 0) is 9.59 Å². The molecule has 3 aliphatic carbocycles. The maximum absolute atomic E-state index is 12.9. The van der Waals surface area contributed by atoms with Gasteiger partial charge in [-0.15, -0.1) is 0 Å². The topological polar surface area (TPSA) is 68.2 Å². The van der Waals surface area contributed by atoms with Gasteiger partial charge in [0.05, 0.1) is 32.3 Å². The molecule has 3 fully saturated rings. The van der Waals surface area contributed by atoms with Crippen LogP contribution in [0.1, 0.15) is 18.4 Å². The average Bonchev–Trinajstić information content (AvgIpc) is 3.26. The molecular formula is C20H20N2O4. The van der Waals surface area contributed by atoms with Gasteiger partial charge in [0, 0.05) is 11.6 Å². The zero-order valence-corrected chi connectivity index (χ0v) is 14.7. The lowest BCUT2D eigenvalue weighted by Gasteiger charge is -2.18. The smallest absolute Gasteiger partial charge is 0.254 e. The first kappa shape index (κ1) is 15.6. The SMILES string of the molecule is COc1ccc(/C=N\N2C(=O)[C@@H]3[C@H](C2=O)[C@H]2C=C[C@@H]3C23CC3)c(OC)c1. The molecule has 0 N–H and O–H groups in total. The van der Waals surface area contributed by atoms with Gasteiger partial charge in [-0.2, -0.15) is 10.1 Å². The minimum atomic E-state index is -0.227.